The van der Waals surface area contributed by atoms with Gasteiger partial charge in [0.25, 0.3) is 0 Å². The third-order valence-corrected chi connectivity index (χ3v) is 4.06. The summed E-state index contributed by atoms with van der Waals surface area (Å²) in [5, 5.41) is 0. The average molecular weight is 276 g/mol. The molecule has 2 atom stereocenters. The molecule has 2 N–H and O–H groups in total. The van der Waals surface area contributed by atoms with Crippen molar-refractivity contribution in [2.75, 3.05) is 13.2 Å². The van der Waals surface area contributed by atoms with Crippen LogP contribution in [-0.2, 0) is 16.1 Å². The van der Waals surface area contributed by atoms with Gasteiger partial charge in [-0.2, -0.15) is 0 Å². The SMILES string of the molecule is CCC(C)N(Cc1ccccc1)C(=O)C1(N)CCOC1. The highest BCUT2D eigenvalue weighted by molar-refractivity contribution is 5.87. The first-order valence-corrected chi connectivity index (χ1v) is 7.28. The van der Waals surface area contributed by atoms with E-state index in [0.717, 1.165) is 12.0 Å². The molecule has 4 heteroatoms. The first-order chi connectivity index (χ1) is 9.57. The summed E-state index contributed by atoms with van der Waals surface area (Å²) < 4.78 is 5.32. The van der Waals surface area contributed by atoms with Gasteiger partial charge in [0.05, 0.1) is 6.61 Å². The summed E-state index contributed by atoms with van der Waals surface area (Å²) in [7, 11) is 0. The van der Waals surface area contributed by atoms with Gasteiger partial charge in [-0.15, -0.1) is 0 Å². The minimum Gasteiger partial charge on any atom is -0.379 e. The molecular weight excluding hydrogens is 252 g/mol. The number of hydrogen-bond donors (Lipinski definition) is 1. The lowest BCUT2D eigenvalue weighted by molar-refractivity contribution is -0.140. The van der Waals surface area contributed by atoms with Gasteiger partial charge < -0.3 is 15.4 Å². The van der Waals surface area contributed by atoms with Crippen LogP contribution < -0.4 is 5.73 Å². The molecule has 0 aliphatic carbocycles. The monoisotopic (exact) mass is 276 g/mol. The molecule has 2 rings (SSSR count). The van der Waals surface area contributed by atoms with Crippen LogP contribution in [-0.4, -0.2) is 35.6 Å². The van der Waals surface area contributed by atoms with Crippen molar-refractivity contribution in [1.29, 1.82) is 0 Å². The fourth-order valence-corrected chi connectivity index (χ4v) is 2.46. The zero-order valence-corrected chi connectivity index (χ0v) is 12.3. The Hall–Kier alpha value is -1.39. The van der Waals surface area contributed by atoms with Crippen LogP contribution in [0.25, 0.3) is 0 Å². The van der Waals surface area contributed by atoms with Crippen molar-refractivity contribution in [2.45, 2.75) is 44.8 Å². The van der Waals surface area contributed by atoms with Crippen molar-refractivity contribution < 1.29 is 9.53 Å². The van der Waals surface area contributed by atoms with E-state index in [4.69, 9.17) is 10.5 Å². The molecule has 1 amide bonds. The molecule has 1 heterocycles. The van der Waals surface area contributed by atoms with Crippen LogP contribution in [0.5, 0.6) is 0 Å². The zero-order chi connectivity index (χ0) is 14.6. The van der Waals surface area contributed by atoms with E-state index >= 15 is 0 Å². The largest absolute Gasteiger partial charge is 0.379 e. The van der Waals surface area contributed by atoms with E-state index < -0.39 is 5.54 Å². The van der Waals surface area contributed by atoms with Crippen molar-refractivity contribution in [1.82, 2.24) is 4.90 Å². The Balaban J connectivity index is 2.17. The van der Waals surface area contributed by atoms with Gasteiger partial charge in [-0.3, -0.25) is 4.79 Å². The molecule has 4 nitrogen and oxygen atoms in total. The molecule has 2 unspecified atom stereocenters. The first-order valence-electron chi connectivity index (χ1n) is 7.28. The summed E-state index contributed by atoms with van der Waals surface area (Å²) in [4.78, 5) is 14.7. The van der Waals surface area contributed by atoms with E-state index in [0.29, 0.717) is 26.2 Å². The van der Waals surface area contributed by atoms with Crippen LogP contribution in [0.1, 0.15) is 32.3 Å². The Labute approximate surface area is 120 Å². The summed E-state index contributed by atoms with van der Waals surface area (Å²) in [5.74, 6) is 0.00760. The van der Waals surface area contributed by atoms with E-state index in [1.54, 1.807) is 0 Å². The number of carbonyl (C=O) groups is 1. The predicted molar refractivity (Wildman–Crippen MR) is 79.1 cm³/mol. The maximum atomic E-state index is 12.8. The quantitative estimate of drug-likeness (QED) is 0.894. The minimum atomic E-state index is -0.849. The summed E-state index contributed by atoms with van der Waals surface area (Å²) >= 11 is 0. The fraction of sp³-hybridized carbons (Fsp3) is 0.562. The number of rotatable bonds is 5. The second kappa shape index (κ2) is 6.37. The highest BCUT2D eigenvalue weighted by Gasteiger charge is 2.42. The molecule has 1 aliphatic rings. The average Bonchev–Trinajstić information content (AvgIpc) is 2.92. The standard InChI is InChI=1S/C16H24N2O2/c1-3-13(2)18(11-14-7-5-4-6-8-14)15(19)16(17)9-10-20-12-16/h4-8,13H,3,9-12,17H2,1-2H3. The maximum Gasteiger partial charge on any atom is 0.245 e. The fourth-order valence-electron chi connectivity index (χ4n) is 2.46. The zero-order valence-electron chi connectivity index (χ0n) is 12.3. The molecule has 1 fully saturated rings. The third kappa shape index (κ3) is 3.19. The first kappa shape index (κ1) is 15.0. The van der Waals surface area contributed by atoms with E-state index in [9.17, 15) is 4.79 Å². The van der Waals surface area contributed by atoms with Gasteiger partial charge in [0.2, 0.25) is 5.91 Å². The molecular formula is C16H24N2O2. The van der Waals surface area contributed by atoms with Crippen LogP contribution in [0.4, 0.5) is 0 Å². The van der Waals surface area contributed by atoms with Gasteiger partial charge in [-0.1, -0.05) is 37.3 Å². The molecule has 0 bridgehead atoms. The van der Waals surface area contributed by atoms with E-state index in [1.807, 2.05) is 35.2 Å². The summed E-state index contributed by atoms with van der Waals surface area (Å²) in [6.45, 7) is 5.66. The van der Waals surface area contributed by atoms with Crippen LogP contribution in [0.2, 0.25) is 0 Å². The summed E-state index contributed by atoms with van der Waals surface area (Å²) in [6.07, 6.45) is 1.52. The van der Waals surface area contributed by atoms with Gasteiger partial charge in [-0.05, 0) is 25.3 Å². The number of amides is 1. The van der Waals surface area contributed by atoms with Gasteiger partial charge >= 0.3 is 0 Å². The normalized spacial score (nSPS) is 23.6. The van der Waals surface area contributed by atoms with Crippen molar-refractivity contribution in [2.24, 2.45) is 5.73 Å². The number of nitrogens with zero attached hydrogens (tertiary/aromatic N) is 1. The third-order valence-electron chi connectivity index (χ3n) is 4.06. The molecule has 1 aliphatic heterocycles. The Morgan fingerprint density at radius 3 is 2.70 bits per heavy atom. The van der Waals surface area contributed by atoms with Crippen molar-refractivity contribution >= 4 is 5.91 Å². The topological polar surface area (TPSA) is 55.6 Å². The summed E-state index contributed by atoms with van der Waals surface area (Å²) in [5.41, 5.74) is 6.51. The maximum absolute atomic E-state index is 12.8. The Kier molecular flexibility index (Phi) is 4.78. The van der Waals surface area contributed by atoms with Crippen molar-refractivity contribution in [3.05, 3.63) is 35.9 Å². The predicted octanol–water partition coefficient (Wildman–Crippen LogP) is 1.93. The highest BCUT2D eigenvalue weighted by Crippen LogP contribution is 2.22. The number of benzene rings is 1. The van der Waals surface area contributed by atoms with E-state index in [2.05, 4.69) is 13.8 Å². The Bertz CT molecular complexity index is 441. The van der Waals surface area contributed by atoms with E-state index in [-0.39, 0.29) is 11.9 Å². The second-order valence-corrected chi connectivity index (χ2v) is 5.63. The van der Waals surface area contributed by atoms with Gasteiger partial charge in [0, 0.05) is 19.2 Å². The van der Waals surface area contributed by atoms with Crippen molar-refractivity contribution in [3.63, 3.8) is 0 Å². The molecule has 110 valence electrons. The molecule has 1 aromatic carbocycles. The summed E-state index contributed by atoms with van der Waals surface area (Å²) in [6, 6.07) is 10.2. The number of nitrogens with two attached hydrogens (primary N) is 1. The van der Waals surface area contributed by atoms with Crippen LogP contribution in [0, 0.1) is 0 Å². The molecule has 0 aromatic heterocycles. The van der Waals surface area contributed by atoms with Crippen LogP contribution in [0.3, 0.4) is 0 Å². The van der Waals surface area contributed by atoms with Crippen molar-refractivity contribution in [3.8, 4) is 0 Å². The lowest BCUT2D eigenvalue weighted by Crippen LogP contribution is -2.57. The van der Waals surface area contributed by atoms with Crippen LogP contribution in [0.15, 0.2) is 30.3 Å². The smallest absolute Gasteiger partial charge is 0.245 e. The Morgan fingerprint density at radius 2 is 2.15 bits per heavy atom. The molecule has 1 aromatic rings. The molecule has 1 saturated heterocycles. The van der Waals surface area contributed by atoms with Gasteiger partial charge in [0.15, 0.2) is 0 Å². The number of hydrogen-bond acceptors (Lipinski definition) is 3. The second-order valence-electron chi connectivity index (χ2n) is 5.63. The highest BCUT2D eigenvalue weighted by atomic mass is 16.5. The number of ether oxygens (including phenoxy) is 1. The molecule has 0 spiro atoms. The lowest BCUT2D eigenvalue weighted by atomic mass is 9.96. The number of carbonyl (C=O) groups excluding carboxylic acids is 1. The molecule has 20 heavy (non-hydrogen) atoms. The Morgan fingerprint density at radius 1 is 1.45 bits per heavy atom. The molecule has 0 radical (unpaired) electrons. The van der Waals surface area contributed by atoms with Gasteiger partial charge in [-0.25, -0.2) is 0 Å². The minimum absolute atomic E-state index is 0.00760. The lowest BCUT2D eigenvalue weighted by Gasteiger charge is -2.34. The van der Waals surface area contributed by atoms with E-state index in [1.165, 1.54) is 0 Å². The van der Waals surface area contributed by atoms with Crippen LogP contribution >= 0.6 is 0 Å². The van der Waals surface area contributed by atoms with Gasteiger partial charge in [0.1, 0.15) is 5.54 Å². The molecule has 0 saturated carbocycles.